The van der Waals surface area contributed by atoms with Gasteiger partial charge < -0.3 is 20.3 Å². The minimum atomic E-state index is -0.387. The summed E-state index contributed by atoms with van der Waals surface area (Å²) in [5.74, 6) is 0.971. The van der Waals surface area contributed by atoms with Crippen LogP contribution in [-0.4, -0.2) is 43.5 Å². The predicted molar refractivity (Wildman–Crippen MR) is 110 cm³/mol. The second kappa shape index (κ2) is 6.73. The van der Waals surface area contributed by atoms with Crippen molar-refractivity contribution >= 4 is 23.1 Å². The molecule has 5 rings (SSSR count). The molecule has 3 N–H and O–H groups in total. The minimum absolute atomic E-state index is 0.155. The smallest absolute Gasteiger partial charge is 0.262 e. The van der Waals surface area contributed by atoms with Crippen molar-refractivity contribution < 1.29 is 13.9 Å². The van der Waals surface area contributed by atoms with E-state index < -0.39 is 0 Å². The van der Waals surface area contributed by atoms with Crippen LogP contribution in [0, 0.1) is 12.7 Å². The number of nitrogens with one attached hydrogen (secondary N) is 3. The molecule has 1 saturated heterocycles. The standard InChI is InChI=1S/C21H22FN5O2/c1-11-5-13(3-4-16(11)22)15-6-19-18(7-17(15)24-14-8-23-9-14)27-12(2)21(28)26-25-20(27)10-29-19/h3-7,12,14,23-24H,8-10H2,1-2H3,(H,26,28). The fourth-order valence-electron chi connectivity index (χ4n) is 3.85. The van der Waals surface area contributed by atoms with Crippen molar-refractivity contribution in [1.29, 1.82) is 0 Å². The van der Waals surface area contributed by atoms with Crippen LogP contribution in [0.4, 0.5) is 15.8 Å². The molecular weight excluding hydrogens is 373 g/mol. The highest BCUT2D eigenvalue weighted by atomic mass is 19.1. The summed E-state index contributed by atoms with van der Waals surface area (Å²) in [7, 11) is 0. The first-order valence-electron chi connectivity index (χ1n) is 9.71. The Morgan fingerprint density at radius 3 is 2.83 bits per heavy atom. The molecule has 7 nitrogen and oxygen atoms in total. The molecule has 1 amide bonds. The van der Waals surface area contributed by atoms with Gasteiger partial charge in [0, 0.05) is 24.3 Å². The van der Waals surface area contributed by atoms with Crippen molar-refractivity contribution in [3.63, 3.8) is 0 Å². The zero-order valence-corrected chi connectivity index (χ0v) is 16.3. The van der Waals surface area contributed by atoms with E-state index in [0.717, 1.165) is 35.6 Å². The number of rotatable bonds is 3. The number of nitrogens with zero attached hydrogens (tertiary/aromatic N) is 2. The van der Waals surface area contributed by atoms with Crippen molar-refractivity contribution in [3.8, 4) is 16.9 Å². The molecule has 3 heterocycles. The van der Waals surface area contributed by atoms with Gasteiger partial charge in [-0.2, -0.15) is 5.10 Å². The lowest BCUT2D eigenvalue weighted by atomic mass is 9.98. The normalized spacial score (nSPS) is 20.7. The van der Waals surface area contributed by atoms with Crippen LogP contribution in [-0.2, 0) is 4.79 Å². The van der Waals surface area contributed by atoms with E-state index in [1.807, 2.05) is 30.0 Å². The molecule has 0 spiro atoms. The first-order chi connectivity index (χ1) is 14.0. The van der Waals surface area contributed by atoms with Gasteiger partial charge in [0.05, 0.1) is 11.7 Å². The minimum Gasteiger partial charge on any atom is -0.483 e. The number of carbonyl (C=O) groups is 1. The number of hydrazone groups is 1. The summed E-state index contributed by atoms with van der Waals surface area (Å²) < 4.78 is 19.8. The second-order valence-electron chi connectivity index (χ2n) is 7.67. The highest BCUT2D eigenvalue weighted by Gasteiger charge is 2.36. The SMILES string of the molecule is Cc1cc(-c2cc3c(cc2NC2CNC2)N2C(=NNC(=O)C2C)CO3)ccc1F. The van der Waals surface area contributed by atoms with E-state index in [0.29, 0.717) is 23.2 Å². The van der Waals surface area contributed by atoms with Gasteiger partial charge in [-0.15, -0.1) is 0 Å². The van der Waals surface area contributed by atoms with Gasteiger partial charge in [-0.05, 0) is 49.2 Å². The third-order valence-electron chi connectivity index (χ3n) is 5.67. The lowest BCUT2D eigenvalue weighted by Crippen LogP contribution is -2.55. The Balaban J connectivity index is 1.64. The molecule has 150 valence electrons. The van der Waals surface area contributed by atoms with E-state index in [2.05, 4.69) is 21.2 Å². The Morgan fingerprint density at radius 2 is 2.10 bits per heavy atom. The average Bonchev–Trinajstić information content (AvgIpc) is 2.68. The second-order valence-corrected chi connectivity index (χ2v) is 7.67. The molecular formula is C21H22FN5O2. The van der Waals surface area contributed by atoms with E-state index in [9.17, 15) is 9.18 Å². The maximum absolute atomic E-state index is 13.8. The van der Waals surface area contributed by atoms with Gasteiger partial charge in [-0.1, -0.05) is 6.07 Å². The Morgan fingerprint density at radius 1 is 1.28 bits per heavy atom. The molecule has 0 bridgehead atoms. The van der Waals surface area contributed by atoms with E-state index in [-0.39, 0.29) is 24.4 Å². The highest BCUT2D eigenvalue weighted by molar-refractivity contribution is 6.10. The van der Waals surface area contributed by atoms with Crippen LogP contribution in [0.2, 0.25) is 0 Å². The zero-order valence-electron chi connectivity index (χ0n) is 16.3. The summed E-state index contributed by atoms with van der Waals surface area (Å²) in [5, 5.41) is 11.0. The van der Waals surface area contributed by atoms with Gasteiger partial charge >= 0.3 is 0 Å². The van der Waals surface area contributed by atoms with Crippen LogP contribution in [0.25, 0.3) is 11.1 Å². The lowest BCUT2D eigenvalue weighted by Gasteiger charge is -2.39. The third kappa shape index (κ3) is 3.00. The lowest BCUT2D eigenvalue weighted by molar-refractivity contribution is -0.122. The maximum atomic E-state index is 13.8. The molecule has 0 radical (unpaired) electrons. The third-order valence-corrected chi connectivity index (χ3v) is 5.67. The van der Waals surface area contributed by atoms with Gasteiger partial charge in [0.15, 0.2) is 5.84 Å². The van der Waals surface area contributed by atoms with Crippen LogP contribution >= 0.6 is 0 Å². The number of fused-ring (bicyclic) bond motifs is 3. The quantitative estimate of drug-likeness (QED) is 0.743. The fraction of sp³-hybridized carbons (Fsp3) is 0.333. The van der Waals surface area contributed by atoms with Gasteiger partial charge in [0.1, 0.15) is 24.2 Å². The summed E-state index contributed by atoms with van der Waals surface area (Å²) in [4.78, 5) is 14.1. The van der Waals surface area contributed by atoms with E-state index >= 15 is 0 Å². The van der Waals surface area contributed by atoms with Crippen LogP contribution in [0.15, 0.2) is 35.4 Å². The Bertz CT molecular complexity index is 1030. The number of hydrogen-bond acceptors (Lipinski definition) is 6. The van der Waals surface area contributed by atoms with Gasteiger partial charge in [0.2, 0.25) is 0 Å². The number of amides is 1. The molecule has 1 unspecified atom stereocenters. The predicted octanol–water partition coefficient (Wildman–Crippen LogP) is 2.22. The molecule has 29 heavy (non-hydrogen) atoms. The van der Waals surface area contributed by atoms with Crippen molar-refractivity contribution in [2.45, 2.75) is 25.9 Å². The van der Waals surface area contributed by atoms with Crippen molar-refractivity contribution in [2.24, 2.45) is 5.10 Å². The molecule has 1 atom stereocenters. The van der Waals surface area contributed by atoms with Crippen LogP contribution in [0.5, 0.6) is 5.75 Å². The number of hydrogen-bond donors (Lipinski definition) is 3. The van der Waals surface area contributed by atoms with Crippen LogP contribution in [0.3, 0.4) is 0 Å². The number of amidine groups is 1. The largest absolute Gasteiger partial charge is 0.483 e. The van der Waals surface area contributed by atoms with Crippen molar-refractivity contribution in [2.75, 3.05) is 29.9 Å². The summed E-state index contributed by atoms with van der Waals surface area (Å²) in [5.41, 5.74) is 6.71. The molecule has 3 aliphatic heterocycles. The number of anilines is 2. The Labute approximate surface area is 167 Å². The molecule has 2 aromatic carbocycles. The topological polar surface area (TPSA) is 78.0 Å². The van der Waals surface area contributed by atoms with E-state index in [4.69, 9.17) is 4.74 Å². The number of halogens is 1. The maximum Gasteiger partial charge on any atom is 0.262 e. The summed E-state index contributed by atoms with van der Waals surface area (Å²) >= 11 is 0. The van der Waals surface area contributed by atoms with Crippen LogP contribution < -0.4 is 25.7 Å². The van der Waals surface area contributed by atoms with E-state index in [1.54, 1.807) is 13.0 Å². The average molecular weight is 395 g/mol. The highest BCUT2D eigenvalue weighted by Crippen LogP contribution is 2.43. The van der Waals surface area contributed by atoms with Crippen LogP contribution in [0.1, 0.15) is 12.5 Å². The summed E-state index contributed by atoms with van der Waals surface area (Å²) in [6.45, 7) is 5.64. The summed E-state index contributed by atoms with van der Waals surface area (Å²) in [6, 6.07) is 9.00. The van der Waals surface area contributed by atoms with Gasteiger partial charge in [-0.25, -0.2) is 9.82 Å². The zero-order chi connectivity index (χ0) is 20.1. The van der Waals surface area contributed by atoms with E-state index in [1.165, 1.54) is 6.07 Å². The molecule has 8 heteroatoms. The molecule has 0 saturated carbocycles. The first kappa shape index (κ1) is 17.9. The molecule has 2 aromatic rings. The molecule has 0 aliphatic carbocycles. The van der Waals surface area contributed by atoms with Crippen molar-refractivity contribution in [1.82, 2.24) is 10.7 Å². The molecule has 3 aliphatic rings. The number of carbonyl (C=O) groups excluding carboxylic acids is 1. The number of aryl methyl sites for hydroxylation is 1. The monoisotopic (exact) mass is 395 g/mol. The Kier molecular flexibility index (Phi) is 4.16. The fourth-order valence-corrected chi connectivity index (χ4v) is 3.85. The van der Waals surface area contributed by atoms with Crippen molar-refractivity contribution in [3.05, 3.63) is 41.7 Å². The van der Waals surface area contributed by atoms with Gasteiger partial charge in [-0.3, -0.25) is 4.79 Å². The number of benzene rings is 2. The Hall–Kier alpha value is -3.13. The summed E-state index contributed by atoms with van der Waals surface area (Å²) in [6.07, 6.45) is 0. The number of ether oxygens (including phenoxy) is 1. The first-order valence-corrected chi connectivity index (χ1v) is 9.71. The van der Waals surface area contributed by atoms with Gasteiger partial charge in [0.25, 0.3) is 5.91 Å². The molecule has 0 aromatic heterocycles. The molecule has 1 fully saturated rings.